The Morgan fingerprint density at radius 3 is 2.76 bits per heavy atom. The maximum absolute atomic E-state index is 12.6. The summed E-state index contributed by atoms with van der Waals surface area (Å²) in [7, 11) is 0. The number of thiocarbonyl (C=S) groups is 1. The fourth-order valence-corrected chi connectivity index (χ4v) is 2.79. The average Bonchev–Trinajstić information content (AvgIpc) is 2.54. The zero-order chi connectivity index (χ0) is 18.6. The minimum Gasteiger partial charge on any atom is -0.504 e. The van der Waals surface area contributed by atoms with Gasteiger partial charge in [0.1, 0.15) is 0 Å². The number of hydrogen-bond donors (Lipinski definition) is 3. The fourth-order valence-electron chi connectivity index (χ4n) is 2.52. The second-order valence-electron chi connectivity index (χ2n) is 6.22. The van der Waals surface area contributed by atoms with E-state index in [9.17, 15) is 9.90 Å². The van der Waals surface area contributed by atoms with E-state index in [-0.39, 0.29) is 11.7 Å². The molecule has 1 atom stereocenters. The predicted molar refractivity (Wildman–Crippen MR) is 99.4 cm³/mol. The van der Waals surface area contributed by atoms with Crippen LogP contribution in [-0.2, 0) is 9.53 Å². The van der Waals surface area contributed by atoms with Crippen LogP contribution < -0.4 is 15.4 Å². The van der Waals surface area contributed by atoms with Crippen molar-refractivity contribution in [1.29, 1.82) is 0 Å². The highest BCUT2D eigenvalue weighted by atomic mass is 32.1. The van der Waals surface area contributed by atoms with Gasteiger partial charge in [-0.05, 0) is 49.7 Å². The van der Waals surface area contributed by atoms with Crippen molar-refractivity contribution >= 4 is 23.3 Å². The molecule has 0 fully saturated rings. The molecular formula is C18H24N2O4S. The Hall–Kier alpha value is -2.28. The molecule has 0 radical (unpaired) electrons. The number of rotatable bonds is 6. The van der Waals surface area contributed by atoms with Gasteiger partial charge >= 0.3 is 5.97 Å². The zero-order valence-electron chi connectivity index (χ0n) is 14.9. The second kappa shape index (κ2) is 8.20. The molecule has 1 aromatic rings. The Balaban J connectivity index is 2.38. The third kappa shape index (κ3) is 4.63. The molecule has 0 saturated heterocycles. The quantitative estimate of drug-likeness (QED) is 0.529. The lowest BCUT2D eigenvalue weighted by Crippen LogP contribution is -2.45. The summed E-state index contributed by atoms with van der Waals surface area (Å²) in [6, 6.07) is 4.49. The first-order valence-corrected chi connectivity index (χ1v) is 8.65. The SMILES string of the molecule is CCOc1cc([C@H]2NC(=S)NC(C)=C2C(=O)OCC(C)C)ccc1O. The normalized spacial score (nSPS) is 17.2. The lowest BCUT2D eigenvalue weighted by atomic mass is 9.95. The van der Waals surface area contributed by atoms with E-state index in [1.54, 1.807) is 25.1 Å². The predicted octanol–water partition coefficient (Wildman–Crippen LogP) is 2.78. The van der Waals surface area contributed by atoms with Crippen LogP contribution in [0.5, 0.6) is 11.5 Å². The van der Waals surface area contributed by atoms with Crippen molar-refractivity contribution in [2.24, 2.45) is 5.92 Å². The Morgan fingerprint density at radius 1 is 1.40 bits per heavy atom. The van der Waals surface area contributed by atoms with Gasteiger partial charge in [-0.2, -0.15) is 0 Å². The molecule has 1 aliphatic rings. The van der Waals surface area contributed by atoms with Crippen molar-refractivity contribution in [3.05, 3.63) is 35.0 Å². The van der Waals surface area contributed by atoms with Crippen LogP contribution in [0.15, 0.2) is 29.5 Å². The second-order valence-corrected chi connectivity index (χ2v) is 6.63. The average molecular weight is 364 g/mol. The van der Waals surface area contributed by atoms with Crippen molar-refractivity contribution < 1.29 is 19.4 Å². The van der Waals surface area contributed by atoms with E-state index in [1.165, 1.54) is 0 Å². The van der Waals surface area contributed by atoms with Gasteiger partial charge in [-0.15, -0.1) is 0 Å². The highest BCUT2D eigenvalue weighted by Gasteiger charge is 2.31. The summed E-state index contributed by atoms with van der Waals surface area (Å²) in [5, 5.41) is 16.4. The number of hydrogen-bond acceptors (Lipinski definition) is 5. The van der Waals surface area contributed by atoms with E-state index < -0.39 is 12.0 Å². The van der Waals surface area contributed by atoms with Crippen LogP contribution in [-0.4, -0.2) is 29.4 Å². The first-order chi connectivity index (χ1) is 11.8. The summed E-state index contributed by atoms with van der Waals surface area (Å²) in [4.78, 5) is 12.6. The molecule has 1 aromatic carbocycles. The Bertz CT molecular complexity index is 700. The summed E-state index contributed by atoms with van der Waals surface area (Å²) in [6.07, 6.45) is 0. The third-order valence-electron chi connectivity index (χ3n) is 3.65. The number of carbonyl (C=O) groups excluding carboxylic acids is 1. The molecule has 0 unspecified atom stereocenters. The molecule has 136 valence electrons. The van der Waals surface area contributed by atoms with Crippen LogP contribution in [0, 0.1) is 5.92 Å². The van der Waals surface area contributed by atoms with Gasteiger partial charge < -0.3 is 25.2 Å². The van der Waals surface area contributed by atoms with Crippen molar-refractivity contribution in [2.75, 3.05) is 13.2 Å². The molecule has 0 spiro atoms. The van der Waals surface area contributed by atoms with E-state index in [2.05, 4.69) is 10.6 Å². The molecule has 0 bridgehead atoms. The number of benzene rings is 1. The van der Waals surface area contributed by atoms with E-state index in [4.69, 9.17) is 21.7 Å². The van der Waals surface area contributed by atoms with E-state index in [0.29, 0.717) is 35.3 Å². The molecule has 3 N–H and O–H groups in total. The summed E-state index contributed by atoms with van der Waals surface area (Å²) in [5.41, 5.74) is 1.86. The van der Waals surface area contributed by atoms with E-state index in [1.807, 2.05) is 20.8 Å². The smallest absolute Gasteiger partial charge is 0.338 e. The monoisotopic (exact) mass is 364 g/mol. The van der Waals surface area contributed by atoms with Gasteiger partial charge in [-0.1, -0.05) is 19.9 Å². The lowest BCUT2D eigenvalue weighted by molar-refractivity contribution is -0.140. The number of phenolic OH excluding ortho intramolecular Hbond substituents is 1. The Kier molecular flexibility index (Phi) is 6.25. The highest BCUT2D eigenvalue weighted by Crippen LogP contribution is 2.34. The number of aromatic hydroxyl groups is 1. The van der Waals surface area contributed by atoms with Crippen LogP contribution in [0.4, 0.5) is 0 Å². The summed E-state index contributed by atoms with van der Waals surface area (Å²) < 4.78 is 10.8. The van der Waals surface area contributed by atoms with Crippen LogP contribution in [0.25, 0.3) is 0 Å². The molecule has 0 amide bonds. The minimum atomic E-state index is -0.479. The Morgan fingerprint density at radius 2 is 2.12 bits per heavy atom. The topological polar surface area (TPSA) is 79.8 Å². The number of carbonyl (C=O) groups is 1. The summed E-state index contributed by atoms with van der Waals surface area (Å²) >= 11 is 5.23. The molecule has 0 saturated carbocycles. The number of phenols is 1. The minimum absolute atomic E-state index is 0.0479. The molecule has 1 aliphatic heterocycles. The van der Waals surface area contributed by atoms with Gasteiger partial charge in [-0.3, -0.25) is 0 Å². The molecular weight excluding hydrogens is 340 g/mol. The van der Waals surface area contributed by atoms with E-state index >= 15 is 0 Å². The number of esters is 1. The summed E-state index contributed by atoms with van der Waals surface area (Å²) in [5.74, 6) is 0.252. The standard InChI is InChI=1S/C18H24N2O4S/c1-5-23-14-8-12(6-7-13(14)21)16-15(11(4)19-18(25)20-16)17(22)24-9-10(2)3/h6-8,10,16,21H,5,9H2,1-4H3,(H2,19,20,25)/t16-/m1/s1. The third-order valence-corrected chi connectivity index (χ3v) is 3.87. The van der Waals surface area contributed by atoms with Gasteiger partial charge in [0.25, 0.3) is 0 Å². The van der Waals surface area contributed by atoms with Crippen LogP contribution >= 0.6 is 12.2 Å². The molecule has 25 heavy (non-hydrogen) atoms. The molecule has 6 nitrogen and oxygen atoms in total. The van der Waals surface area contributed by atoms with Crippen molar-refractivity contribution in [3.63, 3.8) is 0 Å². The molecule has 0 aliphatic carbocycles. The first-order valence-electron chi connectivity index (χ1n) is 8.24. The Labute approximate surface area is 153 Å². The highest BCUT2D eigenvalue weighted by molar-refractivity contribution is 7.80. The number of nitrogens with one attached hydrogen (secondary N) is 2. The number of ether oxygens (including phenoxy) is 2. The maximum Gasteiger partial charge on any atom is 0.338 e. The van der Waals surface area contributed by atoms with Gasteiger partial charge in [0, 0.05) is 5.70 Å². The van der Waals surface area contributed by atoms with Gasteiger partial charge in [0.2, 0.25) is 0 Å². The first kappa shape index (κ1) is 19.1. The fraction of sp³-hybridized carbons (Fsp3) is 0.444. The van der Waals surface area contributed by atoms with E-state index in [0.717, 1.165) is 5.56 Å². The zero-order valence-corrected chi connectivity index (χ0v) is 15.7. The van der Waals surface area contributed by atoms with Crippen LogP contribution in [0.3, 0.4) is 0 Å². The molecule has 0 aromatic heterocycles. The maximum atomic E-state index is 12.6. The largest absolute Gasteiger partial charge is 0.504 e. The summed E-state index contributed by atoms with van der Waals surface area (Å²) in [6.45, 7) is 8.35. The van der Waals surface area contributed by atoms with Crippen LogP contribution in [0.2, 0.25) is 0 Å². The van der Waals surface area contributed by atoms with Gasteiger partial charge in [-0.25, -0.2) is 4.79 Å². The van der Waals surface area contributed by atoms with Crippen molar-refractivity contribution in [1.82, 2.24) is 10.6 Å². The number of allylic oxidation sites excluding steroid dienone is 1. The van der Waals surface area contributed by atoms with Crippen LogP contribution in [0.1, 0.15) is 39.3 Å². The van der Waals surface area contributed by atoms with Crippen molar-refractivity contribution in [2.45, 2.75) is 33.7 Å². The molecule has 7 heteroatoms. The molecule has 1 heterocycles. The van der Waals surface area contributed by atoms with Gasteiger partial charge in [0.05, 0.1) is 24.8 Å². The lowest BCUT2D eigenvalue weighted by Gasteiger charge is -2.30. The van der Waals surface area contributed by atoms with Gasteiger partial charge in [0.15, 0.2) is 16.6 Å². The molecule has 2 rings (SSSR count). The van der Waals surface area contributed by atoms with Crippen molar-refractivity contribution in [3.8, 4) is 11.5 Å².